The largest absolute Gasteiger partial charge is 0.493 e. The Kier molecular flexibility index (Phi) is 6.81. The van der Waals surface area contributed by atoms with Gasteiger partial charge in [0.1, 0.15) is 0 Å². The highest BCUT2D eigenvalue weighted by Crippen LogP contribution is 2.31. The average Bonchev–Trinajstić information content (AvgIpc) is 2.67. The number of sulfonamides is 1. The lowest BCUT2D eigenvalue weighted by molar-refractivity contribution is 0.102. The predicted molar refractivity (Wildman–Crippen MR) is 104 cm³/mol. The van der Waals surface area contributed by atoms with Gasteiger partial charge in [-0.25, -0.2) is 13.1 Å². The third-order valence-electron chi connectivity index (χ3n) is 4.04. The van der Waals surface area contributed by atoms with Crippen LogP contribution in [0.3, 0.4) is 0 Å². The van der Waals surface area contributed by atoms with Gasteiger partial charge in [0.25, 0.3) is 5.91 Å². The third kappa shape index (κ3) is 4.99. The summed E-state index contributed by atoms with van der Waals surface area (Å²) in [4.78, 5) is 12.7. The van der Waals surface area contributed by atoms with E-state index in [4.69, 9.17) is 9.47 Å². The van der Waals surface area contributed by atoms with Crippen molar-refractivity contribution >= 4 is 21.6 Å². The van der Waals surface area contributed by atoms with Crippen LogP contribution in [0.25, 0.3) is 0 Å². The van der Waals surface area contributed by atoms with E-state index in [-0.39, 0.29) is 16.8 Å². The third-order valence-corrected chi connectivity index (χ3v) is 5.64. The molecule has 0 unspecified atom stereocenters. The van der Waals surface area contributed by atoms with Crippen LogP contribution < -0.4 is 19.5 Å². The van der Waals surface area contributed by atoms with Gasteiger partial charge in [0.2, 0.25) is 10.0 Å². The Morgan fingerprint density at radius 1 is 1.07 bits per heavy atom. The molecule has 2 rings (SSSR count). The summed E-state index contributed by atoms with van der Waals surface area (Å²) in [7, 11) is -0.639. The van der Waals surface area contributed by atoms with E-state index in [0.717, 1.165) is 0 Å². The number of nitrogens with one attached hydrogen (secondary N) is 2. The SMILES string of the molecule is CC[C@H](C)NS(=O)(=O)c1ccc(NC(=O)c2cccc(OC)c2OC)cc1. The molecule has 0 bridgehead atoms. The van der Waals surface area contributed by atoms with Crippen LogP contribution in [0.15, 0.2) is 47.4 Å². The fraction of sp³-hybridized carbons (Fsp3) is 0.316. The fourth-order valence-electron chi connectivity index (χ4n) is 2.40. The van der Waals surface area contributed by atoms with Gasteiger partial charge in [0, 0.05) is 11.7 Å². The molecule has 0 heterocycles. The van der Waals surface area contributed by atoms with E-state index in [0.29, 0.717) is 29.2 Å². The molecule has 2 N–H and O–H groups in total. The Bertz CT molecular complexity index is 895. The molecule has 0 fully saturated rings. The molecule has 0 aliphatic rings. The molecule has 146 valence electrons. The Labute approximate surface area is 159 Å². The molecule has 1 atom stereocenters. The standard InChI is InChI=1S/C19H24N2O5S/c1-5-13(2)21-27(23,24)15-11-9-14(10-12-15)20-19(22)16-7-6-8-17(25-3)18(16)26-4/h6-13,21H,5H2,1-4H3,(H,20,22)/t13-/m0/s1. The fourth-order valence-corrected chi connectivity index (χ4v) is 3.72. The Hall–Kier alpha value is -2.58. The lowest BCUT2D eigenvalue weighted by Crippen LogP contribution is -2.31. The summed E-state index contributed by atoms with van der Waals surface area (Å²) < 4.78 is 37.6. The molecule has 0 radical (unpaired) electrons. The second kappa shape index (κ2) is 8.88. The van der Waals surface area contributed by atoms with Crippen molar-refractivity contribution in [1.29, 1.82) is 0 Å². The molecule has 0 aromatic heterocycles. The number of carbonyl (C=O) groups excluding carboxylic acids is 1. The van der Waals surface area contributed by atoms with Crippen LogP contribution in [0.1, 0.15) is 30.6 Å². The Morgan fingerprint density at radius 3 is 2.30 bits per heavy atom. The summed E-state index contributed by atoms with van der Waals surface area (Å²) in [6.07, 6.45) is 0.690. The number of methoxy groups -OCH3 is 2. The molecule has 2 aromatic rings. The number of carbonyl (C=O) groups is 1. The van der Waals surface area contributed by atoms with Crippen LogP contribution in [0.2, 0.25) is 0 Å². The van der Waals surface area contributed by atoms with Crippen molar-refractivity contribution in [2.45, 2.75) is 31.2 Å². The summed E-state index contributed by atoms with van der Waals surface area (Å²) in [5, 5.41) is 2.73. The summed E-state index contributed by atoms with van der Waals surface area (Å²) in [5.74, 6) is 0.385. The predicted octanol–water partition coefficient (Wildman–Crippen LogP) is 3.03. The van der Waals surface area contributed by atoms with E-state index >= 15 is 0 Å². The number of hydrogen-bond acceptors (Lipinski definition) is 5. The number of amides is 1. The zero-order valence-electron chi connectivity index (χ0n) is 15.8. The van der Waals surface area contributed by atoms with Crippen molar-refractivity contribution in [2.75, 3.05) is 19.5 Å². The van der Waals surface area contributed by atoms with Gasteiger partial charge in [0.15, 0.2) is 11.5 Å². The molecule has 27 heavy (non-hydrogen) atoms. The zero-order chi connectivity index (χ0) is 20.0. The molecular weight excluding hydrogens is 368 g/mol. The quantitative estimate of drug-likeness (QED) is 0.720. The smallest absolute Gasteiger partial charge is 0.259 e. The normalized spacial score (nSPS) is 12.3. The minimum Gasteiger partial charge on any atom is -0.493 e. The summed E-state index contributed by atoms with van der Waals surface area (Å²) in [6, 6.07) is 10.8. The maximum atomic E-state index is 12.6. The highest BCUT2D eigenvalue weighted by Gasteiger charge is 2.18. The van der Waals surface area contributed by atoms with Crippen LogP contribution in [0.4, 0.5) is 5.69 Å². The minimum atomic E-state index is -3.59. The molecule has 2 aromatic carbocycles. The summed E-state index contributed by atoms with van der Waals surface area (Å²) in [5.41, 5.74) is 0.777. The molecular formula is C19H24N2O5S. The minimum absolute atomic E-state index is 0.139. The molecule has 0 saturated heterocycles. The van der Waals surface area contributed by atoms with E-state index in [1.807, 2.05) is 6.92 Å². The molecule has 0 aliphatic carbocycles. The Morgan fingerprint density at radius 2 is 1.74 bits per heavy atom. The van der Waals surface area contributed by atoms with Gasteiger partial charge in [-0.1, -0.05) is 13.0 Å². The molecule has 7 nitrogen and oxygen atoms in total. The first-order valence-electron chi connectivity index (χ1n) is 8.47. The van der Waals surface area contributed by atoms with E-state index in [1.54, 1.807) is 25.1 Å². The van der Waals surface area contributed by atoms with Crippen LogP contribution in [0.5, 0.6) is 11.5 Å². The lowest BCUT2D eigenvalue weighted by Gasteiger charge is -2.14. The van der Waals surface area contributed by atoms with E-state index in [1.165, 1.54) is 38.5 Å². The summed E-state index contributed by atoms with van der Waals surface area (Å²) >= 11 is 0. The van der Waals surface area contributed by atoms with E-state index in [9.17, 15) is 13.2 Å². The van der Waals surface area contributed by atoms with Crippen LogP contribution in [-0.2, 0) is 10.0 Å². The van der Waals surface area contributed by atoms with E-state index < -0.39 is 10.0 Å². The van der Waals surface area contributed by atoms with Crippen LogP contribution >= 0.6 is 0 Å². The van der Waals surface area contributed by atoms with Crippen molar-refractivity contribution < 1.29 is 22.7 Å². The van der Waals surface area contributed by atoms with Crippen LogP contribution in [0, 0.1) is 0 Å². The van der Waals surface area contributed by atoms with Crippen molar-refractivity contribution in [1.82, 2.24) is 4.72 Å². The molecule has 8 heteroatoms. The maximum absolute atomic E-state index is 12.6. The monoisotopic (exact) mass is 392 g/mol. The second-order valence-electron chi connectivity index (χ2n) is 5.95. The number of benzene rings is 2. The zero-order valence-corrected chi connectivity index (χ0v) is 16.6. The van der Waals surface area contributed by atoms with Gasteiger partial charge in [-0.3, -0.25) is 4.79 Å². The van der Waals surface area contributed by atoms with Crippen LogP contribution in [-0.4, -0.2) is 34.6 Å². The van der Waals surface area contributed by atoms with Gasteiger partial charge < -0.3 is 14.8 Å². The van der Waals surface area contributed by atoms with Gasteiger partial charge in [-0.2, -0.15) is 0 Å². The Balaban J connectivity index is 2.19. The first-order valence-corrected chi connectivity index (χ1v) is 9.95. The summed E-state index contributed by atoms with van der Waals surface area (Å²) in [6.45, 7) is 3.70. The number of anilines is 1. The maximum Gasteiger partial charge on any atom is 0.259 e. The average molecular weight is 392 g/mol. The van der Waals surface area contributed by atoms with Crippen molar-refractivity contribution in [3.63, 3.8) is 0 Å². The molecule has 1 amide bonds. The highest BCUT2D eigenvalue weighted by molar-refractivity contribution is 7.89. The highest BCUT2D eigenvalue weighted by atomic mass is 32.2. The number of ether oxygens (including phenoxy) is 2. The van der Waals surface area contributed by atoms with E-state index in [2.05, 4.69) is 10.0 Å². The number of rotatable bonds is 8. The first kappa shape index (κ1) is 20.7. The molecule has 0 spiro atoms. The van der Waals surface area contributed by atoms with Gasteiger partial charge in [-0.05, 0) is 49.7 Å². The lowest BCUT2D eigenvalue weighted by atomic mass is 10.1. The number of hydrogen-bond donors (Lipinski definition) is 2. The molecule has 0 saturated carbocycles. The van der Waals surface area contributed by atoms with Crippen molar-refractivity contribution in [3.05, 3.63) is 48.0 Å². The first-order chi connectivity index (χ1) is 12.8. The van der Waals surface area contributed by atoms with Crippen molar-refractivity contribution in [2.24, 2.45) is 0 Å². The number of para-hydroxylation sites is 1. The van der Waals surface area contributed by atoms with Crippen molar-refractivity contribution in [3.8, 4) is 11.5 Å². The van der Waals surface area contributed by atoms with Gasteiger partial charge >= 0.3 is 0 Å². The topological polar surface area (TPSA) is 93.7 Å². The molecule has 0 aliphatic heterocycles. The van der Waals surface area contributed by atoms with Gasteiger partial charge in [-0.15, -0.1) is 0 Å². The second-order valence-corrected chi connectivity index (χ2v) is 7.66. The van der Waals surface area contributed by atoms with Gasteiger partial charge in [0.05, 0.1) is 24.7 Å².